The number of hydrogen-bond donors (Lipinski definition) is 1. The molecule has 0 atom stereocenters. The Kier molecular flexibility index (Phi) is 7.53. The average Bonchev–Trinajstić information content (AvgIpc) is 2.81. The van der Waals surface area contributed by atoms with Crippen molar-refractivity contribution >= 4 is 33.5 Å². The average molecular weight is 494 g/mol. The van der Waals surface area contributed by atoms with Crippen LogP contribution in [0.15, 0.2) is 65.1 Å². The maximum atomic E-state index is 11.0. The molecule has 6 nitrogen and oxygen atoms in total. The summed E-state index contributed by atoms with van der Waals surface area (Å²) in [5, 5.41) is 18.6. The number of carboxylic acids is 1. The van der Waals surface area contributed by atoms with Gasteiger partial charge in [-0.05, 0) is 87.2 Å². The summed E-state index contributed by atoms with van der Waals surface area (Å²) < 4.78 is 17.2. The topological polar surface area (TPSA) is 88.8 Å². The maximum Gasteiger partial charge on any atom is 0.335 e. The lowest BCUT2D eigenvalue weighted by atomic mass is 10.0. The highest BCUT2D eigenvalue weighted by molar-refractivity contribution is 9.10. The van der Waals surface area contributed by atoms with E-state index in [0.717, 1.165) is 22.4 Å². The van der Waals surface area contributed by atoms with Crippen LogP contribution < -0.4 is 14.2 Å². The molecule has 0 amide bonds. The Morgan fingerprint density at radius 3 is 2.25 bits per heavy atom. The Balaban J connectivity index is 1.84. The number of rotatable bonds is 8. The number of hydrogen-bond acceptors (Lipinski definition) is 5. The zero-order valence-electron chi connectivity index (χ0n) is 17.5. The van der Waals surface area contributed by atoms with Crippen molar-refractivity contribution in [3.05, 3.63) is 87.4 Å². The molecule has 3 rings (SSSR count). The second kappa shape index (κ2) is 10.5. The van der Waals surface area contributed by atoms with Crippen molar-refractivity contribution in [2.45, 2.75) is 6.61 Å². The Hall–Kier alpha value is -3.76. The monoisotopic (exact) mass is 493 g/mol. The first-order valence-electron chi connectivity index (χ1n) is 9.54. The minimum Gasteiger partial charge on any atom is -0.497 e. The van der Waals surface area contributed by atoms with E-state index in [0.29, 0.717) is 21.5 Å². The fourth-order valence-electron chi connectivity index (χ4n) is 2.98. The van der Waals surface area contributed by atoms with Gasteiger partial charge in [-0.2, -0.15) is 5.26 Å². The summed E-state index contributed by atoms with van der Waals surface area (Å²) >= 11 is 3.52. The molecule has 0 aromatic heterocycles. The van der Waals surface area contributed by atoms with E-state index in [1.165, 1.54) is 12.1 Å². The number of nitrogens with zero attached hydrogens (tertiary/aromatic N) is 1. The highest BCUT2D eigenvalue weighted by Gasteiger charge is 2.13. The van der Waals surface area contributed by atoms with Crippen molar-refractivity contribution in [1.29, 1.82) is 5.26 Å². The molecule has 0 bridgehead atoms. The standard InChI is InChI=1S/C25H20BrNO5/c1-30-21-9-7-18(8-10-21)20(14-27)11-17-12-22(26)24(23(13-17)31-2)32-15-16-3-5-19(6-4-16)25(28)29/h3-13H,15H2,1-2H3,(H,28,29)/b20-11+. The van der Waals surface area contributed by atoms with E-state index in [9.17, 15) is 10.1 Å². The molecule has 0 saturated heterocycles. The molecule has 0 aliphatic carbocycles. The van der Waals surface area contributed by atoms with Gasteiger partial charge >= 0.3 is 5.97 Å². The van der Waals surface area contributed by atoms with Crippen LogP contribution >= 0.6 is 15.9 Å². The van der Waals surface area contributed by atoms with Crippen molar-refractivity contribution in [2.24, 2.45) is 0 Å². The van der Waals surface area contributed by atoms with Crippen LogP contribution in [0.2, 0.25) is 0 Å². The van der Waals surface area contributed by atoms with Crippen molar-refractivity contribution in [2.75, 3.05) is 14.2 Å². The molecular weight excluding hydrogens is 474 g/mol. The first-order chi connectivity index (χ1) is 15.4. The lowest BCUT2D eigenvalue weighted by Gasteiger charge is -2.14. The Morgan fingerprint density at radius 1 is 1.03 bits per heavy atom. The van der Waals surface area contributed by atoms with Gasteiger partial charge in [0.25, 0.3) is 0 Å². The van der Waals surface area contributed by atoms with E-state index >= 15 is 0 Å². The summed E-state index contributed by atoms with van der Waals surface area (Å²) in [5.74, 6) is 0.751. The summed E-state index contributed by atoms with van der Waals surface area (Å²) in [7, 11) is 3.13. The van der Waals surface area contributed by atoms with Crippen LogP contribution in [0.3, 0.4) is 0 Å². The van der Waals surface area contributed by atoms with Crippen molar-refractivity contribution < 1.29 is 24.1 Å². The van der Waals surface area contributed by atoms with Gasteiger partial charge in [-0.25, -0.2) is 4.79 Å². The van der Waals surface area contributed by atoms with Gasteiger partial charge in [0, 0.05) is 0 Å². The lowest BCUT2D eigenvalue weighted by molar-refractivity contribution is 0.0697. The molecule has 162 valence electrons. The van der Waals surface area contributed by atoms with Gasteiger partial charge in [-0.15, -0.1) is 0 Å². The summed E-state index contributed by atoms with van der Waals surface area (Å²) in [5.41, 5.74) is 3.06. The molecule has 0 fully saturated rings. The minimum atomic E-state index is -0.975. The number of methoxy groups -OCH3 is 2. The first-order valence-corrected chi connectivity index (χ1v) is 10.3. The predicted molar refractivity (Wildman–Crippen MR) is 125 cm³/mol. The Labute approximate surface area is 194 Å². The van der Waals surface area contributed by atoms with Crippen LogP contribution in [-0.4, -0.2) is 25.3 Å². The van der Waals surface area contributed by atoms with Gasteiger partial charge in [-0.3, -0.25) is 0 Å². The third-order valence-corrected chi connectivity index (χ3v) is 5.26. The van der Waals surface area contributed by atoms with Crippen LogP contribution in [0.1, 0.15) is 27.0 Å². The van der Waals surface area contributed by atoms with Crippen LogP contribution in [0.5, 0.6) is 17.2 Å². The highest BCUT2D eigenvalue weighted by Crippen LogP contribution is 2.38. The van der Waals surface area contributed by atoms with Crippen molar-refractivity contribution in [1.82, 2.24) is 0 Å². The van der Waals surface area contributed by atoms with Gasteiger partial charge in [0.15, 0.2) is 11.5 Å². The van der Waals surface area contributed by atoms with Gasteiger partial charge in [0.2, 0.25) is 0 Å². The van der Waals surface area contributed by atoms with Crippen molar-refractivity contribution in [3.63, 3.8) is 0 Å². The van der Waals surface area contributed by atoms with E-state index in [2.05, 4.69) is 22.0 Å². The summed E-state index contributed by atoms with van der Waals surface area (Å²) in [6.45, 7) is 0.235. The van der Waals surface area contributed by atoms with Crippen LogP contribution in [0.25, 0.3) is 11.6 Å². The molecule has 3 aromatic rings. The second-order valence-corrected chi connectivity index (χ2v) is 7.58. The zero-order valence-corrected chi connectivity index (χ0v) is 19.0. The molecule has 0 saturated carbocycles. The number of ether oxygens (including phenoxy) is 3. The molecule has 0 radical (unpaired) electrons. The van der Waals surface area contributed by atoms with E-state index in [1.54, 1.807) is 50.6 Å². The molecule has 3 aromatic carbocycles. The van der Waals surface area contributed by atoms with Crippen molar-refractivity contribution in [3.8, 4) is 23.3 Å². The van der Waals surface area contributed by atoms with Gasteiger partial charge < -0.3 is 19.3 Å². The van der Waals surface area contributed by atoms with Gasteiger partial charge in [0.1, 0.15) is 12.4 Å². The fraction of sp³-hybridized carbons (Fsp3) is 0.120. The molecule has 0 aliphatic rings. The fourth-order valence-corrected chi connectivity index (χ4v) is 3.55. The van der Waals surface area contributed by atoms with E-state index in [4.69, 9.17) is 19.3 Å². The Bertz CT molecular complexity index is 1180. The summed E-state index contributed by atoms with van der Waals surface area (Å²) in [6, 6.07) is 19.6. The third-order valence-electron chi connectivity index (χ3n) is 4.67. The largest absolute Gasteiger partial charge is 0.497 e. The van der Waals surface area contributed by atoms with E-state index in [-0.39, 0.29) is 12.2 Å². The quantitative estimate of drug-likeness (QED) is 0.314. The number of allylic oxidation sites excluding steroid dienone is 1. The predicted octanol–water partition coefficient (Wildman–Crippen LogP) is 5.81. The SMILES string of the molecule is COc1ccc(/C(C#N)=C/c2cc(Br)c(OCc3ccc(C(=O)O)cc3)c(OC)c2)cc1. The highest BCUT2D eigenvalue weighted by atomic mass is 79.9. The normalized spacial score (nSPS) is 10.9. The molecule has 0 spiro atoms. The second-order valence-electron chi connectivity index (χ2n) is 6.72. The number of nitriles is 1. The molecule has 7 heteroatoms. The number of benzene rings is 3. The smallest absolute Gasteiger partial charge is 0.335 e. The van der Waals surface area contributed by atoms with Gasteiger partial charge in [-0.1, -0.05) is 12.1 Å². The first kappa shape index (κ1) is 22.9. The summed E-state index contributed by atoms with van der Waals surface area (Å²) in [6.07, 6.45) is 1.77. The number of carbonyl (C=O) groups is 1. The van der Waals surface area contributed by atoms with Gasteiger partial charge in [0.05, 0.1) is 35.9 Å². The molecule has 1 N–H and O–H groups in total. The number of halogens is 1. The third kappa shape index (κ3) is 5.48. The maximum absolute atomic E-state index is 11.0. The minimum absolute atomic E-state index is 0.216. The molecule has 0 heterocycles. The Morgan fingerprint density at radius 2 is 1.69 bits per heavy atom. The number of carboxylic acid groups (broad SMARTS) is 1. The molecule has 0 unspecified atom stereocenters. The summed E-state index contributed by atoms with van der Waals surface area (Å²) in [4.78, 5) is 11.0. The number of aromatic carboxylic acids is 1. The lowest BCUT2D eigenvalue weighted by Crippen LogP contribution is -2.01. The van der Waals surface area contributed by atoms with Crippen LogP contribution in [-0.2, 0) is 6.61 Å². The van der Waals surface area contributed by atoms with E-state index < -0.39 is 5.97 Å². The molecule has 32 heavy (non-hydrogen) atoms. The van der Waals surface area contributed by atoms with E-state index in [1.807, 2.05) is 18.2 Å². The molecule has 0 aliphatic heterocycles. The molecular formula is C25H20BrNO5. The zero-order chi connectivity index (χ0) is 23.1. The van der Waals surface area contributed by atoms with Crippen LogP contribution in [0.4, 0.5) is 0 Å². The van der Waals surface area contributed by atoms with Crippen LogP contribution in [0, 0.1) is 11.3 Å².